The summed E-state index contributed by atoms with van der Waals surface area (Å²) in [5, 5.41) is 11.0. The van der Waals surface area contributed by atoms with Crippen LogP contribution in [0.15, 0.2) is 30.6 Å². The number of nitrogens with one attached hydrogen (secondary N) is 2. The average Bonchev–Trinajstić information content (AvgIpc) is 3.20. The zero-order valence-electron chi connectivity index (χ0n) is 15.5. The summed E-state index contributed by atoms with van der Waals surface area (Å²) >= 11 is 0. The van der Waals surface area contributed by atoms with E-state index in [1.54, 1.807) is 12.4 Å². The molecule has 1 aromatic carbocycles. The van der Waals surface area contributed by atoms with E-state index in [0.717, 1.165) is 67.0 Å². The van der Waals surface area contributed by atoms with Gasteiger partial charge in [0.1, 0.15) is 0 Å². The number of hydrogen-bond acceptors (Lipinski definition) is 6. The Bertz CT molecular complexity index is 1020. The van der Waals surface area contributed by atoms with Crippen LogP contribution in [0.5, 0.6) is 0 Å². The summed E-state index contributed by atoms with van der Waals surface area (Å²) in [6.45, 7) is 2.78. The van der Waals surface area contributed by atoms with E-state index in [2.05, 4.69) is 25.4 Å². The molecule has 0 atom stereocenters. The lowest BCUT2D eigenvalue weighted by Gasteiger charge is -2.31. The molecule has 3 aromatic rings. The minimum atomic E-state index is -0.0413. The molecule has 2 aromatic heterocycles. The van der Waals surface area contributed by atoms with Crippen molar-refractivity contribution in [2.45, 2.75) is 19.3 Å². The maximum absolute atomic E-state index is 12.1. The quantitative estimate of drug-likeness (QED) is 0.720. The molecule has 2 N–H and O–H groups in total. The summed E-state index contributed by atoms with van der Waals surface area (Å²) in [6.07, 6.45) is 6.71. The molecular weight excluding hydrogens is 356 g/mol. The third-order valence-electron chi connectivity index (χ3n) is 5.53. The summed E-state index contributed by atoms with van der Waals surface area (Å²) in [4.78, 5) is 23.5. The topological polar surface area (TPSA) is 96.0 Å². The Morgan fingerprint density at radius 1 is 1.25 bits per heavy atom. The van der Waals surface area contributed by atoms with E-state index in [4.69, 9.17) is 9.72 Å². The number of benzene rings is 1. The lowest BCUT2D eigenvalue weighted by atomic mass is 9.96. The van der Waals surface area contributed by atoms with Gasteiger partial charge in [0, 0.05) is 33.6 Å². The van der Waals surface area contributed by atoms with Crippen LogP contribution in [-0.2, 0) is 9.53 Å². The fourth-order valence-electron chi connectivity index (χ4n) is 3.90. The smallest absolute Gasteiger partial charge is 0.245 e. The van der Waals surface area contributed by atoms with Gasteiger partial charge in [-0.3, -0.25) is 9.89 Å². The van der Waals surface area contributed by atoms with Gasteiger partial charge in [-0.15, -0.1) is 0 Å². The number of carbonyl (C=O) groups excluding carboxylic acids is 1. The maximum atomic E-state index is 12.1. The summed E-state index contributed by atoms with van der Waals surface area (Å²) in [6, 6.07) is 6.05. The number of ether oxygens (including phenoxy) is 1. The molecule has 8 heteroatoms. The van der Waals surface area contributed by atoms with E-state index >= 15 is 0 Å². The van der Waals surface area contributed by atoms with Crippen molar-refractivity contribution in [3.63, 3.8) is 0 Å². The van der Waals surface area contributed by atoms with Gasteiger partial charge in [0.2, 0.25) is 5.91 Å². The molecule has 2 aliphatic heterocycles. The molecular formula is C20H26N6O2. The Balaban J connectivity index is 0.00000128. The first-order valence-corrected chi connectivity index (χ1v) is 9.69. The Labute approximate surface area is 165 Å². The van der Waals surface area contributed by atoms with Gasteiger partial charge in [0.25, 0.3) is 0 Å². The third-order valence-corrected chi connectivity index (χ3v) is 5.53. The van der Waals surface area contributed by atoms with Crippen molar-refractivity contribution in [2.75, 3.05) is 36.5 Å². The number of fused-ring (bicyclic) bond motifs is 2. The molecule has 0 radical (unpaired) electrons. The van der Waals surface area contributed by atoms with Gasteiger partial charge in [-0.05, 0) is 31.2 Å². The summed E-state index contributed by atoms with van der Waals surface area (Å²) in [5.41, 5.74) is 2.71. The van der Waals surface area contributed by atoms with Crippen LogP contribution in [0.25, 0.3) is 22.2 Å². The zero-order chi connectivity index (χ0) is 18.9. The standard InChI is InChI=1S/C20H22N6O2.2H2/c27-18-12-26(6-3-13-4-7-28-8-5-13)20-19(24-18)21-11-17(23-20)14-1-2-15-10-22-25-16(15)9-14;;/h1-2,9-11,13H,3-8,12H2,(H,22,25)(H,21,24,27);2*1H. The fourth-order valence-corrected chi connectivity index (χ4v) is 3.90. The molecule has 5 rings (SSSR count). The maximum Gasteiger partial charge on any atom is 0.245 e. The summed E-state index contributed by atoms with van der Waals surface area (Å²) in [5.74, 6) is 1.88. The van der Waals surface area contributed by atoms with Crippen molar-refractivity contribution in [3.05, 3.63) is 30.6 Å². The number of anilines is 2. The van der Waals surface area contributed by atoms with Crippen LogP contribution in [0.1, 0.15) is 22.1 Å². The number of H-pyrrole nitrogens is 1. The second-order valence-electron chi connectivity index (χ2n) is 7.41. The molecule has 0 unspecified atom stereocenters. The Kier molecular flexibility index (Phi) is 4.40. The van der Waals surface area contributed by atoms with Gasteiger partial charge in [0.15, 0.2) is 11.6 Å². The number of aromatic amines is 1. The van der Waals surface area contributed by atoms with Gasteiger partial charge in [-0.1, -0.05) is 12.1 Å². The van der Waals surface area contributed by atoms with E-state index in [-0.39, 0.29) is 8.76 Å². The van der Waals surface area contributed by atoms with Crippen molar-refractivity contribution in [3.8, 4) is 11.3 Å². The zero-order valence-corrected chi connectivity index (χ0v) is 15.5. The molecule has 1 saturated heterocycles. The normalized spacial score (nSPS) is 17.6. The SMILES string of the molecule is O=C1CN(CCC2CCOCC2)c2nc(-c3ccc4cn[nH]c4c3)cnc2N1.[HH].[HH]. The Morgan fingerprint density at radius 2 is 2.14 bits per heavy atom. The highest BCUT2D eigenvalue weighted by atomic mass is 16.5. The van der Waals surface area contributed by atoms with Crippen LogP contribution >= 0.6 is 0 Å². The first-order valence-electron chi connectivity index (χ1n) is 9.69. The second-order valence-corrected chi connectivity index (χ2v) is 7.41. The summed E-state index contributed by atoms with van der Waals surface area (Å²) in [7, 11) is 0. The first-order chi connectivity index (χ1) is 13.8. The molecule has 2 aliphatic rings. The average molecular weight is 382 g/mol. The number of rotatable bonds is 4. The van der Waals surface area contributed by atoms with Crippen molar-refractivity contribution >= 4 is 28.4 Å². The van der Waals surface area contributed by atoms with Crippen molar-refractivity contribution in [1.29, 1.82) is 0 Å². The molecule has 28 heavy (non-hydrogen) atoms. The van der Waals surface area contributed by atoms with E-state index in [0.29, 0.717) is 18.3 Å². The van der Waals surface area contributed by atoms with Crippen LogP contribution < -0.4 is 10.2 Å². The summed E-state index contributed by atoms with van der Waals surface area (Å²) < 4.78 is 5.45. The predicted octanol–water partition coefficient (Wildman–Crippen LogP) is 3.09. The first kappa shape index (κ1) is 17.1. The van der Waals surface area contributed by atoms with E-state index < -0.39 is 0 Å². The number of amides is 1. The molecule has 0 aliphatic carbocycles. The molecule has 1 amide bonds. The van der Waals surface area contributed by atoms with E-state index in [1.807, 2.05) is 18.2 Å². The molecule has 1 fully saturated rings. The molecule has 0 saturated carbocycles. The minimum absolute atomic E-state index is 0. The second kappa shape index (κ2) is 7.20. The number of hydrogen-bond donors (Lipinski definition) is 2. The van der Waals surface area contributed by atoms with Crippen molar-refractivity contribution in [1.82, 2.24) is 20.2 Å². The van der Waals surface area contributed by atoms with Crippen LogP contribution in [0, 0.1) is 5.92 Å². The monoisotopic (exact) mass is 382 g/mol. The van der Waals surface area contributed by atoms with E-state index in [9.17, 15) is 4.79 Å². The molecule has 148 valence electrons. The highest BCUT2D eigenvalue weighted by molar-refractivity contribution is 5.99. The molecule has 0 spiro atoms. The van der Waals surface area contributed by atoms with Crippen LogP contribution in [-0.4, -0.2) is 52.4 Å². The molecule has 0 bridgehead atoms. The van der Waals surface area contributed by atoms with Gasteiger partial charge >= 0.3 is 0 Å². The lowest BCUT2D eigenvalue weighted by Crippen LogP contribution is -2.40. The Hall–Kier alpha value is -3.00. The van der Waals surface area contributed by atoms with Gasteiger partial charge < -0.3 is 15.0 Å². The van der Waals surface area contributed by atoms with Crippen LogP contribution in [0.2, 0.25) is 0 Å². The fraction of sp³-hybridized carbons (Fsp3) is 0.400. The lowest BCUT2D eigenvalue weighted by molar-refractivity contribution is -0.115. The number of carbonyl (C=O) groups is 1. The molecule has 4 heterocycles. The predicted molar refractivity (Wildman–Crippen MR) is 110 cm³/mol. The largest absolute Gasteiger partial charge is 0.381 e. The number of nitrogens with zero attached hydrogens (tertiary/aromatic N) is 4. The number of aromatic nitrogens is 4. The highest BCUT2D eigenvalue weighted by Crippen LogP contribution is 2.30. The third kappa shape index (κ3) is 3.31. The van der Waals surface area contributed by atoms with Crippen LogP contribution in [0.3, 0.4) is 0 Å². The highest BCUT2D eigenvalue weighted by Gasteiger charge is 2.26. The van der Waals surface area contributed by atoms with Crippen molar-refractivity contribution in [2.24, 2.45) is 5.92 Å². The van der Waals surface area contributed by atoms with Gasteiger partial charge in [-0.25, -0.2) is 9.97 Å². The van der Waals surface area contributed by atoms with Gasteiger partial charge in [-0.2, -0.15) is 5.10 Å². The van der Waals surface area contributed by atoms with Gasteiger partial charge in [0.05, 0.1) is 30.1 Å². The van der Waals surface area contributed by atoms with E-state index in [1.165, 1.54) is 0 Å². The van der Waals surface area contributed by atoms with Crippen molar-refractivity contribution < 1.29 is 12.4 Å². The van der Waals surface area contributed by atoms with Crippen LogP contribution in [0.4, 0.5) is 11.6 Å². The molecule has 8 nitrogen and oxygen atoms in total. The Morgan fingerprint density at radius 3 is 3.04 bits per heavy atom. The minimum Gasteiger partial charge on any atom is -0.381 e.